The minimum Gasteiger partial charge on any atom is -0.308 e. The second-order valence-corrected chi connectivity index (χ2v) is 9.50. The van der Waals surface area contributed by atoms with Gasteiger partial charge in [-0.1, -0.05) is 11.6 Å². The Hall–Kier alpha value is -1.41. The van der Waals surface area contributed by atoms with Crippen LogP contribution in [0.2, 0.25) is 5.02 Å². The Labute approximate surface area is 158 Å². The van der Waals surface area contributed by atoms with Crippen LogP contribution in [0.5, 0.6) is 0 Å². The van der Waals surface area contributed by atoms with Crippen LogP contribution in [-0.2, 0) is 23.5 Å². The molecule has 26 heavy (non-hydrogen) atoms. The second-order valence-electron chi connectivity index (χ2n) is 7.38. The molecule has 8 heteroatoms. The third kappa shape index (κ3) is 3.17. The van der Waals surface area contributed by atoms with Crippen molar-refractivity contribution in [2.45, 2.75) is 37.5 Å². The van der Waals surface area contributed by atoms with Gasteiger partial charge in [0.2, 0.25) is 10.0 Å². The first-order valence-electron chi connectivity index (χ1n) is 8.87. The van der Waals surface area contributed by atoms with E-state index in [1.165, 1.54) is 5.56 Å². The van der Waals surface area contributed by atoms with Gasteiger partial charge in [0.05, 0.1) is 11.4 Å². The number of nitrogens with one attached hydrogen (secondary N) is 1. The van der Waals surface area contributed by atoms with Gasteiger partial charge in [-0.2, -0.15) is 5.10 Å². The first kappa shape index (κ1) is 18.0. The Bertz CT molecular complexity index is 966. The number of fused-ring (bicyclic) bond motifs is 1. The summed E-state index contributed by atoms with van der Waals surface area (Å²) in [4.78, 5) is 0. The molecule has 0 saturated heterocycles. The summed E-state index contributed by atoms with van der Waals surface area (Å²) in [5.74, 6) is 0.0843. The second kappa shape index (κ2) is 6.34. The summed E-state index contributed by atoms with van der Waals surface area (Å²) >= 11 is 6.37. The molecule has 3 N–H and O–H groups in total. The van der Waals surface area contributed by atoms with Crippen molar-refractivity contribution in [3.05, 3.63) is 40.0 Å². The van der Waals surface area contributed by atoms with E-state index in [-0.39, 0.29) is 12.0 Å². The fourth-order valence-corrected chi connectivity index (χ4v) is 5.66. The van der Waals surface area contributed by atoms with Crippen molar-refractivity contribution in [2.75, 3.05) is 6.54 Å². The maximum absolute atomic E-state index is 12.2. The number of aromatic nitrogens is 2. The number of aryl methyl sites for hydroxylation is 1. The molecule has 140 valence electrons. The highest BCUT2D eigenvalue weighted by Crippen LogP contribution is 2.46. The summed E-state index contributed by atoms with van der Waals surface area (Å²) in [6.07, 6.45) is 2.65. The molecule has 1 aliphatic heterocycles. The molecule has 0 bridgehead atoms. The molecule has 1 saturated carbocycles. The lowest BCUT2D eigenvalue weighted by molar-refractivity contribution is 0.525. The van der Waals surface area contributed by atoms with Gasteiger partial charge in [0, 0.05) is 29.2 Å². The van der Waals surface area contributed by atoms with Gasteiger partial charge in [-0.15, -0.1) is 0 Å². The fraction of sp³-hybridized carbons (Fsp3) is 0.500. The van der Waals surface area contributed by atoms with Gasteiger partial charge < -0.3 is 5.32 Å². The van der Waals surface area contributed by atoms with E-state index < -0.39 is 15.3 Å². The zero-order chi connectivity index (χ0) is 18.6. The third-order valence-electron chi connectivity index (χ3n) is 5.34. The molecular formula is C18H23ClN4O2S. The SMILES string of the molecule is CC1NCCc2c1nn(C)c2-c1cc(Cl)cc(C(C2CC2)S(N)(=O)=O)c1. The number of sulfonamides is 1. The maximum atomic E-state index is 12.2. The van der Waals surface area contributed by atoms with Crippen LogP contribution >= 0.6 is 11.6 Å². The predicted molar refractivity (Wildman–Crippen MR) is 102 cm³/mol. The number of hydrogen-bond donors (Lipinski definition) is 2. The largest absolute Gasteiger partial charge is 0.308 e. The molecule has 6 nitrogen and oxygen atoms in total. The molecule has 0 radical (unpaired) electrons. The Balaban J connectivity index is 1.86. The standard InChI is InChI=1S/C18H23ClN4O2S/c1-10-16-15(5-6-21-10)17(23(2)22-16)12-7-13(9-14(19)8-12)18(11-3-4-11)26(20,24)25/h7-11,18,21H,3-6H2,1-2H3,(H2,20,24,25). The summed E-state index contributed by atoms with van der Waals surface area (Å²) in [6.45, 7) is 2.99. The topological polar surface area (TPSA) is 90.0 Å². The van der Waals surface area contributed by atoms with Crippen molar-refractivity contribution < 1.29 is 8.42 Å². The quantitative estimate of drug-likeness (QED) is 0.834. The van der Waals surface area contributed by atoms with E-state index in [1.807, 2.05) is 23.9 Å². The molecule has 1 aromatic carbocycles. The molecule has 2 heterocycles. The van der Waals surface area contributed by atoms with Gasteiger partial charge in [-0.05, 0) is 62.4 Å². The lowest BCUT2D eigenvalue weighted by atomic mass is 9.95. The number of primary sulfonamides is 1. The molecule has 1 fully saturated rings. The van der Waals surface area contributed by atoms with E-state index in [1.54, 1.807) is 6.07 Å². The first-order chi connectivity index (χ1) is 12.3. The van der Waals surface area contributed by atoms with Crippen LogP contribution in [0.1, 0.15) is 47.9 Å². The Morgan fingerprint density at radius 2 is 2.08 bits per heavy atom. The van der Waals surface area contributed by atoms with Gasteiger partial charge in [0.25, 0.3) is 0 Å². The number of hydrogen-bond acceptors (Lipinski definition) is 4. The number of nitrogens with two attached hydrogens (primary N) is 1. The average Bonchev–Trinajstić information content (AvgIpc) is 3.27. The van der Waals surface area contributed by atoms with Crippen molar-refractivity contribution in [3.8, 4) is 11.3 Å². The van der Waals surface area contributed by atoms with Crippen LogP contribution < -0.4 is 10.5 Å². The third-order valence-corrected chi connectivity index (χ3v) is 6.92. The van der Waals surface area contributed by atoms with Gasteiger partial charge in [-0.25, -0.2) is 13.6 Å². The minimum absolute atomic E-state index is 0.0843. The average molecular weight is 395 g/mol. The van der Waals surface area contributed by atoms with E-state index in [2.05, 4.69) is 17.3 Å². The van der Waals surface area contributed by atoms with E-state index in [0.29, 0.717) is 10.6 Å². The summed E-state index contributed by atoms with van der Waals surface area (Å²) in [5.41, 5.74) is 4.81. The molecule has 0 spiro atoms. The first-order valence-corrected chi connectivity index (χ1v) is 10.9. The summed E-state index contributed by atoms with van der Waals surface area (Å²) in [5, 5.41) is 13.5. The van der Waals surface area contributed by atoms with Gasteiger partial charge in [0.1, 0.15) is 5.25 Å². The van der Waals surface area contributed by atoms with E-state index >= 15 is 0 Å². The monoisotopic (exact) mass is 394 g/mol. The van der Waals surface area contributed by atoms with Crippen molar-refractivity contribution >= 4 is 21.6 Å². The lowest BCUT2D eigenvalue weighted by Crippen LogP contribution is -2.27. The van der Waals surface area contributed by atoms with Crippen LogP contribution in [0, 0.1) is 5.92 Å². The maximum Gasteiger partial charge on any atom is 0.216 e. The van der Waals surface area contributed by atoms with Crippen LogP contribution in [-0.4, -0.2) is 24.7 Å². The van der Waals surface area contributed by atoms with Crippen LogP contribution in [0.3, 0.4) is 0 Å². The van der Waals surface area contributed by atoms with Gasteiger partial charge in [0.15, 0.2) is 0 Å². The number of halogens is 1. The zero-order valence-corrected chi connectivity index (χ0v) is 16.4. The van der Waals surface area contributed by atoms with Crippen molar-refractivity contribution in [2.24, 2.45) is 18.1 Å². The molecule has 0 amide bonds. The highest BCUT2D eigenvalue weighted by Gasteiger charge is 2.40. The minimum atomic E-state index is -3.68. The van der Waals surface area contributed by atoms with Crippen molar-refractivity contribution in [1.29, 1.82) is 0 Å². The summed E-state index contributed by atoms with van der Waals surface area (Å²) < 4.78 is 26.2. The Morgan fingerprint density at radius 3 is 2.73 bits per heavy atom. The number of benzene rings is 1. The molecule has 2 unspecified atom stereocenters. The zero-order valence-electron chi connectivity index (χ0n) is 14.9. The highest BCUT2D eigenvalue weighted by atomic mass is 35.5. The van der Waals surface area contributed by atoms with Gasteiger partial charge in [-0.3, -0.25) is 4.68 Å². The highest BCUT2D eigenvalue weighted by molar-refractivity contribution is 7.89. The molecule has 1 aromatic heterocycles. The van der Waals surface area contributed by atoms with Gasteiger partial charge >= 0.3 is 0 Å². The smallest absolute Gasteiger partial charge is 0.216 e. The van der Waals surface area contributed by atoms with E-state index in [4.69, 9.17) is 16.7 Å². The van der Waals surface area contributed by atoms with Crippen molar-refractivity contribution in [3.63, 3.8) is 0 Å². The molecule has 2 aromatic rings. The molecule has 4 rings (SSSR count). The normalized spacial score (nSPS) is 21.5. The molecular weight excluding hydrogens is 372 g/mol. The molecule has 2 atom stereocenters. The van der Waals surface area contributed by atoms with Crippen LogP contribution in [0.25, 0.3) is 11.3 Å². The number of nitrogens with zero attached hydrogens (tertiary/aromatic N) is 2. The van der Waals surface area contributed by atoms with E-state index in [0.717, 1.165) is 42.8 Å². The van der Waals surface area contributed by atoms with E-state index in [9.17, 15) is 8.42 Å². The summed E-state index contributed by atoms with van der Waals surface area (Å²) in [6, 6.07) is 5.72. The summed E-state index contributed by atoms with van der Waals surface area (Å²) in [7, 11) is -1.77. The van der Waals surface area contributed by atoms with Crippen LogP contribution in [0.4, 0.5) is 0 Å². The Kier molecular flexibility index (Phi) is 4.38. The molecule has 1 aliphatic carbocycles. The van der Waals surface area contributed by atoms with Crippen LogP contribution in [0.15, 0.2) is 18.2 Å². The number of rotatable bonds is 4. The Morgan fingerprint density at radius 1 is 1.35 bits per heavy atom. The molecule has 2 aliphatic rings. The lowest BCUT2D eigenvalue weighted by Gasteiger charge is -2.20. The fourth-order valence-electron chi connectivity index (χ4n) is 4.10. The van der Waals surface area contributed by atoms with Crippen molar-refractivity contribution in [1.82, 2.24) is 15.1 Å². The predicted octanol–water partition coefficient (Wildman–Crippen LogP) is 2.69.